The molecule has 1 unspecified atom stereocenters. The number of nitrogens with one attached hydrogen (secondary N) is 2. The number of rotatable bonds is 5. The van der Waals surface area contributed by atoms with Gasteiger partial charge in [-0.3, -0.25) is 4.57 Å². The minimum atomic E-state index is -4.39. The van der Waals surface area contributed by atoms with Gasteiger partial charge in [-0.15, -0.1) is 0 Å². The van der Waals surface area contributed by atoms with Gasteiger partial charge in [-0.1, -0.05) is 11.3 Å². The van der Waals surface area contributed by atoms with E-state index in [9.17, 15) is 14.4 Å². The molecule has 1 atom stereocenters. The lowest BCUT2D eigenvalue weighted by atomic mass is 10.3. The van der Waals surface area contributed by atoms with Crippen LogP contribution in [0.4, 0.5) is 5.13 Å². The molecule has 4 N–H and O–H groups in total. The zero-order valence-corrected chi connectivity index (χ0v) is 13.3. The maximum absolute atomic E-state index is 11.7. The molecule has 0 saturated heterocycles. The maximum Gasteiger partial charge on any atom is 0.353 e. The van der Waals surface area contributed by atoms with E-state index in [1.807, 2.05) is 6.07 Å². The molecule has 2 heterocycles. The Hall–Kier alpha value is -1.86. The summed E-state index contributed by atoms with van der Waals surface area (Å²) in [5, 5.41) is 3.26. The minimum Gasteiger partial charge on any atom is -0.497 e. The molecule has 0 aliphatic carbocycles. The summed E-state index contributed by atoms with van der Waals surface area (Å²) in [7, 11) is -2.81. The van der Waals surface area contributed by atoms with Crippen LogP contribution in [-0.2, 0) is 4.57 Å². The number of H-pyrrole nitrogens is 1. The van der Waals surface area contributed by atoms with Crippen LogP contribution in [0.5, 0.6) is 5.75 Å². The number of hydrogen-bond acceptors (Lipinski definition) is 5. The van der Waals surface area contributed by atoms with Gasteiger partial charge in [0.05, 0.1) is 23.0 Å². The van der Waals surface area contributed by atoms with Crippen molar-refractivity contribution in [1.29, 1.82) is 0 Å². The van der Waals surface area contributed by atoms with E-state index in [1.54, 1.807) is 37.6 Å². The average Bonchev–Trinajstić information content (AvgIpc) is 3.11. The molecule has 0 radical (unpaired) electrons. The quantitative estimate of drug-likeness (QED) is 0.532. The van der Waals surface area contributed by atoms with Gasteiger partial charge in [-0.2, -0.15) is 0 Å². The van der Waals surface area contributed by atoms with Crippen molar-refractivity contribution in [3.8, 4) is 5.75 Å². The molecule has 0 amide bonds. The summed E-state index contributed by atoms with van der Waals surface area (Å²) in [6.45, 7) is 0. The maximum atomic E-state index is 11.7. The van der Waals surface area contributed by atoms with Crippen LogP contribution in [0.1, 0.15) is 11.5 Å². The predicted molar refractivity (Wildman–Crippen MR) is 85.4 cm³/mol. The van der Waals surface area contributed by atoms with Crippen molar-refractivity contribution in [1.82, 2.24) is 9.97 Å². The fraction of sp³-hybridized carbons (Fsp3) is 0.154. The molecule has 22 heavy (non-hydrogen) atoms. The van der Waals surface area contributed by atoms with Crippen molar-refractivity contribution < 1.29 is 19.1 Å². The van der Waals surface area contributed by atoms with Crippen LogP contribution < -0.4 is 10.1 Å². The molecular weight excluding hydrogens is 325 g/mol. The lowest BCUT2D eigenvalue weighted by molar-refractivity contribution is 0.362. The van der Waals surface area contributed by atoms with Gasteiger partial charge in [0.2, 0.25) is 0 Å². The van der Waals surface area contributed by atoms with Gasteiger partial charge in [0.25, 0.3) is 0 Å². The van der Waals surface area contributed by atoms with E-state index in [0.717, 1.165) is 10.2 Å². The molecule has 3 rings (SSSR count). The lowest BCUT2D eigenvalue weighted by Crippen LogP contribution is -2.11. The van der Waals surface area contributed by atoms with Gasteiger partial charge < -0.3 is 24.8 Å². The van der Waals surface area contributed by atoms with E-state index in [1.165, 1.54) is 11.3 Å². The SMILES string of the molecule is COc1ccc2nc(NC(c3ccc[nH]3)P(=O)(O)O)sc2c1. The second-order valence-corrected chi connectivity index (χ2v) is 7.34. The van der Waals surface area contributed by atoms with Gasteiger partial charge in [-0.25, -0.2) is 4.98 Å². The van der Waals surface area contributed by atoms with Crippen LogP contribution in [0.3, 0.4) is 0 Å². The number of benzene rings is 1. The van der Waals surface area contributed by atoms with E-state index < -0.39 is 13.4 Å². The molecule has 3 aromatic rings. The molecular formula is C13H14N3O4PS. The highest BCUT2D eigenvalue weighted by molar-refractivity contribution is 7.52. The third-order valence-electron chi connectivity index (χ3n) is 3.11. The minimum absolute atomic E-state index is 0.408. The van der Waals surface area contributed by atoms with Crippen molar-refractivity contribution in [2.24, 2.45) is 0 Å². The number of fused-ring (bicyclic) bond motifs is 1. The summed E-state index contributed by atoms with van der Waals surface area (Å²) in [5.41, 5.74) is 1.15. The molecule has 0 fully saturated rings. The van der Waals surface area contributed by atoms with Crippen molar-refractivity contribution in [3.63, 3.8) is 0 Å². The first-order valence-electron chi connectivity index (χ1n) is 6.37. The Morgan fingerprint density at radius 1 is 1.41 bits per heavy atom. The van der Waals surface area contributed by atoms with Crippen LogP contribution in [0.25, 0.3) is 10.2 Å². The summed E-state index contributed by atoms with van der Waals surface area (Å²) >= 11 is 1.31. The van der Waals surface area contributed by atoms with E-state index in [-0.39, 0.29) is 0 Å². The Morgan fingerprint density at radius 2 is 2.23 bits per heavy atom. The smallest absolute Gasteiger partial charge is 0.353 e. The standard InChI is InChI=1S/C13H14N3O4PS/c1-20-8-4-5-9-11(7-8)22-13(15-9)16-12(21(17,18)19)10-3-2-6-14-10/h2-7,12,14H,1H3,(H,15,16)(H2,17,18,19). The van der Waals surface area contributed by atoms with Gasteiger partial charge in [0.1, 0.15) is 5.75 Å². The third-order valence-corrected chi connectivity index (χ3v) is 5.14. The van der Waals surface area contributed by atoms with E-state index in [2.05, 4.69) is 15.3 Å². The number of methoxy groups -OCH3 is 1. The van der Waals surface area contributed by atoms with Crippen molar-refractivity contribution in [2.45, 2.75) is 5.78 Å². The lowest BCUT2D eigenvalue weighted by Gasteiger charge is -2.18. The number of aromatic amines is 1. The van der Waals surface area contributed by atoms with E-state index >= 15 is 0 Å². The van der Waals surface area contributed by atoms with Crippen LogP contribution in [0.15, 0.2) is 36.5 Å². The molecule has 116 valence electrons. The Balaban J connectivity index is 1.94. The third kappa shape index (κ3) is 3.00. The number of nitrogens with zero attached hydrogens (tertiary/aromatic N) is 1. The first kappa shape index (κ1) is 15.1. The molecule has 0 bridgehead atoms. The summed E-state index contributed by atoms with van der Waals surface area (Å²) in [6.07, 6.45) is 1.61. The molecule has 0 saturated carbocycles. The first-order valence-corrected chi connectivity index (χ1v) is 8.87. The van der Waals surface area contributed by atoms with Crippen molar-refractivity contribution in [3.05, 3.63) is 42.2 Å². The topological polar surface area (TPSA) is 107 Å². The Bertz CT molecular complexity index is 827. The molecule has 0 aliphatic rings. The number of ether oxygens (including phenoxy) is 1. The predicted octanol–water partition coefficient (Wildman–Crippen LogP) is 2.92. The number of thiazole rings is 1. The summed E-state index contributed by atoms with van der Waals surface area (Å²) < 4.78 is 17.7. The molecule has 7 nitrogen and oxygen atoms in total. The molecule has 0 aliphatic heterocycles. The first-order chi connectivity index (χ1) is 10.5. The van der Waals surface area contributed by atoms with Crippen LogP contribution in [0, 0.1) is 0 Å². The molecule has 1 aromatic carbocycles. The largest absolute Gasteiger partial charge is 0.497 e. The number of aromatic nitrogens is 2. The summed E-state index contributed by atoms with van der Waals surface area (Å²) in [5.74, 6) is -0.455. The fourth-order valence-corrected chi connectivity index (χ4v) is 3.89. The van der Waals surface area contributed by atoms with Crippen LogP contribution >= 0.6 is 18.9 Å². The molecule has 9 heteroatoms. The van der Waals surface area contributed by atoms with E-state index in [4.69, 9.17) is 4.74 Å². The average molecular weight is 339 g/mol. The zero-order chi connectivity index (χ0) is 15.7. The van der Waals surface area contributed by atoms with E-state index in [0.29, 0.717) is 16.6 Å². The van der Waals surface area contributed by atoms with Crippen molar-refractivity contribution >= 4 is 34.3 Å². The zero-order valence-electron chi connectivity index (χ0n) is 11.6. The highest BCUT2D eigenvalue weighted by Gasteiger charge is 2.32. The second-order valence-electron chi connectivity index (χ2n) is 4.61. The number of anilines is 1. The van der Waals surface area contributed by atoms with Gasteiger partial charge in [0, 0.05) is 6.20 Å². The van der Waals surface area contributed by atoms with Gasteiger partial charge in [0.15, 0.2) is 10.9 Å². The summed E-state index contributed by atoms with van der Waals surface area (Å²) in [4.78, 5) is 26.3. The van der Waals surface area contributed by atoms with Crippen LogP contribution in [0.2, 0.25) is 0 Å². The summed E-state index contributed by atoms with van der Waals surface area (Å²) in [6, 6.07) is 8.73. The Labute approximate surface area is 130 Å². The van der Waals surface area contributed by atoms with Gasteiger partial charge >= 0.3 is 7.60 Å². The Morgan fingerprint density at radius 3 is 2.86 bits per heavy atom. The second kappa shape index (κ2) is 5.73. The van der Waals surface area contributed by atoms with Gasteiger partial charge in [-0.05, 0) is 30.3 Å². The monoisotopic (exact) mass is 339 g/mol. The Kier molecular flexibility index (Phi) is 3.92. The fourth-order valence-electron chi connectivity index (χ4n) is 2.07. The number of hydrogen-bond donors (Lipinski definition) is 4. The highest BCUT2D eigenvalue weighted by atomic mass is 32.1. The van der Waals surface area contributed by atoms with Crippen LogP contribution in [-0.4, -0.2) is 26.9 Å². The molecule has 0 spiro atoms. The highest BCUT2D eigenvalue weighted by Crippen LogP contribution is 2.51. The normalized spacial score (nSPS) is 13.2. The van der Waals surface area contributed by atoms with Crippen molar-refractivity contribution in [2.75, 3.05) is 12.4 Å². The molecule has 2 aromatic heterocycles.